The maximum absolute atomic E-state index is 3.28. The van der Waals surface area contributed by atoms with Crippen molar-refractivity contribution in [2.75, 3.05) is 0 Å². The fourth-order valence-electron chi connectivity index (χ4n) is 1.68. The molecule has 0 spiro atoms. The first-order valence-electron chi connectivity index (χ1n) is 5.66. The van der Waals surface area contributed by atoms with Crippen LogP contribution in [0.4, 0.5) is 0 Å². The molecule has 2 heteroatoms. The summed E-state index contributed by atoms with van der Waals surface area (Å²) in [5.74, 6) is 0. The van der Waals surface area contributed by atoms with Crippen molar-refractivity contribution in [3.05, 3.63) is 46.0 Å². The molecule has 2 rings (SSSR count). The molecule has 0 aliphatic heterocycles. The molecule has 2 nitrogen and oxygen atoms in total. The molecule has 0 unspecified atom stereocenters. The van der Waals surface area contributed by atoms with Crippen LogP contribution < -0.4 is 0 Å². The van der Waals surface area contributed by atoms with Crippen molar-refractivity contribution in [2.45, 2.75) is 41.5 Å². The molecule has 2 heterocycles. The van der Waals surface area contributed by atoms with Crippen LogP contribution in [-0.2, 0) is 0 Å². The zero-order valence-corrected chi connectivity index (χ0v) is 11.2. The summed E-state index contributed by atoms with van der Waals surface area (Å²) in [6.45, 7) is 12.6. The van der Waals surface area contributed by atoms with Gasteiger partial charge in [-0.2, -0.15) is 0 Å². The summed E-state index contributed by atoms with van der Waals surface area (Å²) in [6.07, 6.45) is 0. The molecule has 2 aromatic heterocycles. The van der Waals surface area contributed by atoms with E-state index in [-0.39, 0.29) is 0 Å². The second-order valence-corrected chi connectivity index (χ2v) is 4.45. The van der Waals surface area contributed by atoms with Crippen LogP contribution in [0.5, 0.6) is 0 Å². The molecule has 0 aliphatic rings. The lowest BCUT2D eigenvalue weighted by Gasteiger charge is -1.88. The van der Waals surface area contributed by atoms with Gasteiger partial charge in [0.1, 0.15) is 0 Å². The van der Waals surface area contributed by atoms with Crippen LogP contribution >= 0.6 is 0 Å². The molecule has 0 bridgehead atoms. The van der Waals surface area contributed by atoms with Crippen molar-refractivity contribution >= 4 is 0 Å². The summed E-state index contributed by atoms with van der Waals surface area (Å²) in [5, 5.41) is 0. The van der Waals surface area contributed by atoms with E-state index in [0.29, 0.717) is 0 Å². The van der Waals surface area contributed by atoms with Crippen LogP contribution in [0.3, 0.4) is 0 Å². The Labute approximate surface area is 98.1 Å². The molecule has 0 amide bonds. The summed E-state index contributed by atoms with van der Waals surface area (Å²) >= 11 is 0. The number of rotatable bonds is 0. The summed E-state index contributed by atoms with van der Waals surface area (Å²) in [5.41, 5.74) is 7.85. The minimum atomic E-state index is 1.23. The van der Waals surface area contributed by atoms with E-state index in [1.165, 1.54) is 33.9 Å². The van der Waals surface area contributed by atoms with Crippen LogP contribution in [0.1, 0.15) is 33.9 Å². The summed E-state index contributed by atoms with van der Waals surface area (Å²) < 4.78 is 0. The molecule has 88 valence electrons. The third-order valence-electron chi connectivity index (χ3n) is 3.04. The lowest BCUT2D eigenvalue weighted by Crippen LogP contribution is -1.73. The first-order chi connectivity index (χ1) is 7.41. The van der Waals surface area contributed by atoms with Crippen LogP contribution in [0.25, 0.3) is 0 Å². The average molecular weight is 218 g/mol. The third-order valence-corrected chi connectivity index (χ3v) is 3.04. The Bertz CT molecular complexity index is 422. The maximum atomic E-state index is 3.28. The number of nitrogens with one attached hydrogen (secondary N) is 2. The van der Waals surface area contributed by atoms with Gasteiger partial charge in [-0.15, -0.1) is 0 Å². The molecule has 0 saturated carbocycles. The number of hydrogen-bond acceptors (Lipinski definition) is 0. The second kappa shape index (κ2) is 5.06. The molecule has 0 radical (unpaired) electrons. The molecule has 0 aliphatic carbocycles. The fourth-order valence-corrected chi connectivity index (χ4v) is 1.68. The lowest BCUT2D eigenvalue weighted by molar-refractivity contribution is 1.17. The molecule has 16 heavy (non-hydrogen) atoms. The Morgan fingerprint density at radius 2 is 1.00 bits per heavy atom. The highest BCUT2D eigenvalue weighted by molar-refractivity contribution is 5.32. The normalized spacial score (nSPS) is 9.88. The quantitative estimate of drug-likeness (QED) is 0.672. The van der Waals surface area contributed by atoms with Crippen molar-refractivity contribution in [1.29, 1.82) is 0 Å². The van der Waals surface area contributed by atoms with E-state index in [0.717, 1.165) is 0 Å². The molecular weight excluding hydrogens is 196 g/mol. The van der Waals surface area contributed by atoms with Gasteiger partial charge in [-0.1, -0.05) is 0 Å². The first kappa shape index (κ1) is 12.6. The van der Waals surface area contributed by atoms with Crippen LogP contribution in [0.2, 0.25) is 0 Å². The number of aromatic amines is 2. The van der Waals surface area contributed by atoms with E-state index in [1.807, 2.05) is 13.8 Å². The smallest absolute Gasteiger partial charge is 0.0150 e. The van der Waals surface area contributed by atoms with Gasteiger partial charge in [-0.3, -0.25) is 0 Å². The lowest BCUT2D eigenvalue weighted by atomic mass is 10.2. The Morgan fingerprint density at radius 3 is 1.12 bits per heavy atom. The molecule has 0 atom stereocenters. The number of H-pyrrole nitrogens is 2. The summed E-state index contributed by atoms with van der Waals surface area (Å²) in [7, 11) is 0. The van der Waals surface area contributed by atoms with E-state index in [9.17, 15) is 0 Å². The summed E-state index contributed by atoms with van der Waals surface area (Å²) in [6, 6.07) is 4.13. The van der Waals surface area contributed by atoms with Gasteiger partial charge in [0.25, 0.3) is 0 Å². The highest BCUT2D eigenvalue weighted by Crippen LogP contribution is 2.14. The van der Waals surface area contributed by atoms with Gasteiger partial charge in [-0.05, 0) is 64.8 Å². The van der Waals surface area contributed by atoms with E-state index in [4.69, 9.17) is 0 Å². The van der Waals surface area contributed by atoms with Crippen molar-refractivity contribution in [3.8, 4) is 0 Å². The predicted molar refractivity (Wildman–Crippen MR) is 70.0 cm³/mol. The molecule has 2 aromatic rings. The van der Waals surface area contributed by atoms with Gasteiger partial charge in [0.15, 0.2) is 0 Å². The highest BCUT2D eigenvalue weighted by atomic mass is 14.7. The largest absolute Gasteiger partial charge is 0.363 e. The zero-order valence-electron chi connectivity index (χ0n) is 11.2. The Kier molecular flexibility index (Phi) is 3.99. The van der Waals surface area contributed by atoms with Crippen LogP contribution in [-0.4, -0.2) is 9.97 Å². The zero-order chi connectivity index (χ0) is 12.3. The number of aromatic nitrogens is 2. The van der Waals surface area contributed by atoms with Gasteiger partial charge >= 0.3 is 0 Å². The topological polar surface area (TPSA) is 31.6 Å². The van der Waals surface area contributed by atoms with Crippen molar-refractivity contribution in [2.24, 2.45) is 0 Å². The number of hydrogen-bond donors (Lipinski definition) is 2. The Balaban J connectivity index is 0.000000165. The van der Waals surface area contributed by atoms with Gasteiger partial charge in [0, 0.05) is 22.8 Å². The highest BCUT2D eigenvalue weighted by Gasteiger charge is 2.00. The molecule has 2 N–H and O–H groups in total. The molecular formula is C14H22N2. The van der Waals surface area contributed by atoms with Gasteiger partial charge in [0.2, 0.25) is 0 Å². The average Bonchev–Trinajstić information content (AvgIpc) is 2.68. The van der Waals surface area contributed by atoms with E-state index < -0.39 is 0 Å². The maximum Gasteiger partial charge on any atom is 0.0150 e. The van der Waals surface area contributed by atoms with Crippen LogP contribution in [0.15, 0.2) is 12.1 Å². The molecule has 0 fully saturated rings. The first-order valence-corrected chi connectivity index (χ1v) is 5.66. The number of aryl methyl sites for hydroxylation is 4. The third kappa shape index (κ3) is 3.02. The van der Waals surface area contributed by atoms with Crippen molar-refractivity contribution < 1.29 is 0 Å². The van der Waals surface area contributed by atoms with E-state index in [2.05, 4.69) is 49.8 Å². The van der Waals surface area contributed by atoms with Gasteiger partial charge in [0.05, 0.1) is 0 Å². The molecule has 0 aromatic carbocycles. The Morgan fingerprint density at radius 1 is 0.625 bits per heavy atom. The van der Waals surface area contributed by atoms with Gasteiger partial charge in [-0.25, -0.2) is 0 Å². The van der Waals surface area contributed by atoms with Crippen molar-refractivity contribution in [1.82, 2.24) is 9.97 Å². The summed E-state index contributed by atoms with van der Waals surface area (Å²) in [4.78, 5) is 6.41. The molecule has 0 saturated heterocycles. The minimum Gasteiger partial charge on any atom is -0.363 e. The minimum absolute atomic E-state index is 1.23. The van der Waals surface area contributed by atoms with Gasteiger partial charge < -0.3 is 9.97 Å². The Hall–Kier alpha value is -1.44. The predicted octanol–water partition coefficient (Wildman–Crippen LogP) is 3.88. The second-order valence-electron chi connectivity index (χ2n) is 4.45. The van der Waals surface area contributed by atoms with Crippen LogP contribution in [0, 0.1) is 41.5 Å². The fraction of sp³-hybridized carbons (Fsp3) is 0.429. The van der Waals surface area contributed by atoms with E-state index >= 15 is 0 Å². The standard InChI is InChI=1S/C8H13N.C6H9N/c1-5-6(2)8(4)9-7(5)3;1-5-3-4-6(2)7-5/h9H,1-4H3;3-4,7H,1-2H3. The SMILES string of the molecule is Cc1[nH]c(C)c(C)c1C.Cc1ccc(C)[nH]1. The monoisotopic (exact) mass is 218 g/mol. The van der Waals surface area contributed by atoms with Crippen molar-refractivity contribution in [3.63, 3.8) is 0 Å². The van der Waals surface area contributed by atoms with E-state index in [1.54, 1.807) is 0 Å².